The van der Waals surface area contributed by atoms with Crippen LogP contribution in [0.3, 0.4) is 0 Å². The van der Waals surface area contributed by atoms with Crippen LogP contribution in [0.15, 0.2) is 73.1 Å². The van der Waals surface area contributed by atoms with E-state index in [4.69, 9.17) is 14.2 Å². The number of hydrogen-bond donors (Lipinski definition) is 0. The van der Waals surface area contributed by atoms with Crippen LogP contribution in [0.25, 0.3) is 21.8 Å². The van der Waals surface area contributed by atoms with Crippen LogP contribution in [0.4, 0.5) is 0 Å². The summed E-state index contributed by atoms with van der Waals surface area (Å²) >= 11 is 1.65. The maximum absolute atomic E-state index is 12.1. The summed E-state index contributed by atoms with van der Waals surface area (Å²) in [5, 5.41) is 0. The first-order valence-corrected chi connectivity index (χ1v) is 13.3. The highest BCUT2D eigenvalue weighted by Crippen LogP contribution is 2.35. The van der Waals surface area contributed by atoms with Gasteiger partial charge < -0.3 is 14.2 Å². The predicted molar refractivity (Wildman–Crippen MR) is 147 cm³/mol. The van der Waals surface area contributed by atoms with Gasteiger partial charge in [-0.15, -0.1) is 11.3 Å². The van der Waals surface area contributed by atoms with Gasteiger partial charge in [-0.1, -0.05) is 42.5 Å². The SMILES string of the molecule is CCOC(=O)C(Cc1ccc(OC(C)c2sc(-c3ncc(-c4ccccc4)cn3)cc2C)cc1)OCC. The monoisotopic (exact) mass is 516 g/mol. The highest BCUT2D eigenvalue weighted by atomic mass is 32.1. The summed E-state index contributed by atoms with van der Waals surface area (Å²) in [4.78, 5) is 23.5. The minimum Gasteiger partial charge on any atom is -0.485 e. The molecule has 2 unspecified atom stereocenters. The fourth-order valence-corrected chi connectivity index (χ4v) is 5.17. The van der Waals surface area contributed by atoms with Crippen molar-refractivity contribution in [3.8, 4) is 27.6 Å². The second kappa shape index (κ2) is 12.6. The Morgan fingerprint density at radius 2 is 1.65 bits per heavy atom. The van der Waals surface area contributed by atoms with Gasteiger partial charge in [-0.05, 0) is 62.6 Å². The van der Waals surface area contributed by atoms with Crippen molar-refractivity contribution >= 4 is 17.3 Å². The summed E-state index contributed by atoms with van der Waals surface area (Å²) in [5.74, 6) is 1.14. The lowest BCUT2D eigenvalue weighted by molar-refractivity contribution is -0.156. The summed E-state index contributed by atoms with van der Waals surface area (Å²) in [6.07, 6.45) is 3.45. The summed E-state index contributed by atoms with van der Waals surface area (Å²) in [6.45, 7) is 8.58. The molecule has 0 bridgehead atoms. The molecule has 4 rings (SSSR count). The molecule has 0 fully saturated rings. The number of nitrogens with zero attached hydrogens (tertiary/aromatic N) is 2. The number of ether oxygens (including phenoxy) is 3. The average molecular weight is 517 g/mol. The number of aromatic nitrogens is 2. The van der Waals surface area contributed by atoms with Gasteiger partial charge in [0.1, 0.15) is 11.9 Å². The van der Waals surface area contributed by atoms with Crippen LogP contribution in [0.5, 0.6) is 5.75 Å². The van der Waals surface area contributed by atoms with Gasteiger partial charge in [0.15, 0.2) is 11.9 Å². The van der Waals surface area contributed by atoms with Gasteiger partial charge in [0.05, 0.1) is 11.5 Å². The summed E-state index contributed by atoms with van der Waals surface area (Å²) in [5.41, 5.74) is 4.22. The van der Waals surface area contributed by atoms with Crippen molar-refractivity contribution < 1.29 is 19.0 Å². The molecule has 0 saturated carbocycles. The Kier molecular flexibility index (Phi) is 9.04. The maximum Gasteiger partial charge on any atom is 0.335 e. The fourth-order valence-electron chi connectivity index (χ4n) is 4.07. The van der Waals surface area contributed by atoms with Crippen LogP contribution in [0.1, 0.15) is 42.9 Å². The standard InChI is InChI=1S/C30H32N2O4S/c1-5-34-26(30(33)35-6-2)17-22-12-14-25(15-13-22)36-21(4)28-20(3)16-27(37-28)29-31-18-24(19-32-29)23-10-8-7-9-11-23/h7-16,18-19,21,26H,5-6,17H2,1-4H3. The van der Waals surface area contributed by atoms with Crippen molar-refractivity contribution in [2.75, 3.05) is 13.2 Å². The number of thiophene rings is 1. The van der Waals surface area contributed by atoms with E-state index in [2.05, 4.69) is 35.1 Å². The Balaban J connectivity index is 1.41. The van der Waals surface area contributed by atoms with E-state index < -0.39 is 6.10 Å². The van der Waals surface area contributed by atoms with Gasteiger partial charge in [0.2, 0.25) is 0 Å². The second-order valence-corrected chi connectivity index (χ2v) is 9.71. The van der Waals surface area contributed by atoms with E-state index in [1.807, 2.05) is 68.7 Å². The Hall–Kier alpha value is -3.55. The minimum atomic E-state index is -0.605. The Bertz CT molecular complexity index is 1290. The molecule has 2 heterocycles. The first-order chi connectivity index (χ1) is 18.0. The third-order valence-corrected chi connectivity index (χ3v) is 7.27. The topological polar surface area (TPSA) is 70.5 Å². The van der Waals surface area contributed by atoms with E-state index in [1.54, 1.807) is 18.3 Å². The number of aryl methyl sites for hydroxylation is 1. The number of hydrogen-bond acceptors (Lipinski definition) is 7. The van der Waals surface area contributed by atoms with Gasteiger partial charge >= 0.3 is 5.97 Å². The molecule has 2 atom stereocenters. The van der Waals surface area contributed by atoms with E-state index >= 15 is 0 Å². The van der Waals surface area contributed by atoms with Gasteiger partial charge in [-0.3, -0.25) is 0 Å². The summed E-state index contributed by atoms with van der Waals surface area (Å²) < 4.78 is 17.0. The van der Waals surface area contributed by atoms with E-state index in [-0.39, 0.29) is 12.1 Å². The molecule has 6 nitrogen and oxygen atoms in total. The zero-order valence-corrected chi connectivity index (χ0v) is 22.5. The normalized spacial score (nSPS) is 12.6. The molecular weight excluding hydrogens is 484 g/mol. The number of carbonyl (C=O) groups is 1. The average Bonchev–Trinajstić information content (AvgIpc) is 3.32. The number of esters is 1. The van der Waals surface area contributed by atoms with Gasteiger partial charge in [-0.25, -0.2) is 14.8 Å². The van der Waals surface area contributed by atoms with Crippen LogP contribution < -0.4 is 4.74 Å². The first kappa shape index (κ1) is 26.5. The lowest BCUT2D eigenvalue weighted by atomic mass is 10.1. The molecule has 37 heavy (non-hydrogen) atoms. The number of benzene rings is 2. The first-order valence-electron chi connectivity index (χ1n) is 12.5. The van der Waals surface area contributed by atoms with Gasteiger partial charge in [0.25, 0.3) is 0 Å². The van der Waals surface area contributed by atoms with Crippen LogP contribution >= 0.6 is 11.3 Å². The molecule has 0 amide bonds. The van der Waals surface area contributed by atoms with Crippen molar-refractivity contribution in [2.24, 2.45) is 0 Å². The van der Waals surface area contributed by atoms with Gasteiger partial charge in [0, 0.05) is 35.9 Å². The molecule has 0 radical (unpaired) electrons. The Morgan fingerprint density at radius 1 is 0.946 bits per heavy atom. The lowest BCUT2D eigenvalue weighted by Gasteiger charge is -2.17. The number of carbonyl (C=O) groups excluding carboxylic acids is 1. The highest BCUT2D eigenvalue weighted by Gasteiger charge is 2.21. The molecule has 4 aromatic rings. The number of rotatable bonds is 11. The Morgan fingerprint density at radius 3 is 2.30 bits per heavy atom. The van der Waals surface area contributed by atoms with Crippen LogP contribution in [0.2, 0.25) is 0 Å². The van der Waals surface area contributed by atoms with E-state index in [1.165, 1.54) is 0 Å². The lowest BCUT2D eigenvalue weighted by Crippen LogP contribution is -2.28. The second-order valence-electron chi connectivity index (χ2n) is 8.62. The fraction of sp³-hybridized carbons (Fsp3) is 0.300. The smallest absolute Gasteiger partial charge is 0.335 e. The van der Waals surface area contributed by atoms with Crippen molar-refractivity contribution in [1.82, 2.24) is 9.97 Å². The molecule has 0 aliphatic rings. The molecule has 0 N–H and O–H groups in total. The molecule has 0 aliphatic heterocycles. The molecule has 2 aromatic carbocycles. The molecule has 2 aromatic heterocycles. The summed E-state index contributed by atoms with van der Waals surface area (Å²) in [6, 6.07) is 20.0. The molecule has 0 saturated heterocycles. The van der Waals surface area contributed by atoms with Crippen LogP contribution in [0, 0.1) is 6.92 Å². The minimum absolute atomic E-state index is 0.135. The third-order valence-electron chi connectivity index (χ3n) is 5.88. The van der Waals surface area contributed by atoms with Crippen molar-refractivity contribution in [3.05, 3.63) is 89.1 Å². The maximum atomic E-state index is 12.1. The van der Waals surface area contributed by atoms with Gasteiger partial charge in [-0.2, -0.15) is 0 Å². The molecule has 0 aliphatic carbocycles. The van der Waals surface area contributed by atoms with E-state index in [0.29, 0.717) is 25.5 Å². The van der Waals surface area contributed by atoms with Crippen molar-refractivity contribution in [1.29, 1.82) is 0 Å². The molecule has 192 valence electrons. The highest BCUT2D eigenvalue weighted by molar-refractivity contribution is 7.15. The van der Waals surface area contributed by atoms with E-state index in [0.717, 1.165) is 37.8 Å². The van der Waals surface area contributed by atoms with Crippen molar-refractivity contribution in [3.63, 3.8) is 0 Å². The zero-order chi connectivity index (χ0) is 26.2. The summed E-state index contributed by atoms with van der Waals surface area (Å²) in [7, 11) is 0. The Labute approximate surface area is 222 Å². The van der Waals surface area contributed by atoms with Crippen molar-refractivity contribution in [2.45, 2.75) is 46.3 Å². The van der Waals surface area contributed by atoms with Crippen LogP contribution in [-0.4, -0.2) is 35.3 Å². The van der Waals surface area contributed by atoms with Crippen LogP contribution in [-0.2, 0) is 20.7 Å². The predicted octanol–water partition coefficient (Wildman–Crippen LogP) is 6.83. The molecule has 0 spiro atoms. The zero-order valence-electron chi connectivity index (χ0n) is 21.6. The van der Waals surface area contributed by atoms with E-state index in [9.17, 15) is 4.79 Å². The quantitative estimate of drug-likeness (QED) is 0.204. The largest absolute Gasteiger partial charge is 0.485 e. The molecule has 7 heteroatoms. The third kappa shape index (κ3) is 6.81. The molecular formula is C30H32N2O4S.